The lowest BCUT2D eigenvalue weighted by molar-refractivity contribution is -0.138. The zero-order valence-corrected chi connectivity index (χ0v) is 11.2. The molecule has 17 heavy (non-hydrogen) atoms. The normalized spacial score (nSPS) is 16.4. The van der Waals surface area contributed by atoms with Gasteiger partial charge in [-0.3, -0.25) is 4.79 Å². The number of phenolic OH excluding ortho intramolecular Hbond substituents is 1. The smallest absolute Gasteiger partial charge is 0.310 e. The summed E-state index contributed by atoms with van der Waals surface area (Å²) < 4.78 is 0.598. The maximum atomic E-state index is 11.1. The molecule has 0 saturated carbocycles. The van der Waals surface area contributed by atoms with Crippen LogP contribution in [0.5, 0.6) is 5.75 Å². The Hall–Kier alpha value is -1.03. The van der Waals surface area contributed by atoms with Gasteiger partial charge in [0.05, 0.1) is 10.4 Å². The molecule has 0 amide bonds. The first-order chi connectivity index (χ1) is 8.02. The number of phenols is 1. The van der Waals surface area contributed by atoms with E-state index in [1.807, 2.05) is 6.07 Å². The van der Waals surface area contributed by atoms with Crippen LogP contribution in [0.1, 0.15) is 42.4 Å². The molecule has 3 nitrogen and oxygen atoms in total. The standard InChI is InChI=1S/C13H15BrO3/c1-7(13(16)17)11-9-5-3-2-4-8(9)6-10(14)12(11)15/h6-7,15H,2-5H2,1H3,(H,16,17). The minimum Gasteiger partial charge on any atom is -0.506 e. The molecule has 0 aromatic heterocycles. The number of fused-ring (bicyclic) bond motifs is 1. The predicted molar refractivity (Wildman–Crippen MR) is 68.5 cm³/mol. The molecule has 2 rings (SSSR count). The van der Waals surface area contributed by atoms with Gasteiger partial charge in [0.1, 0.15) is 5.75 Å². The number of hydrogen-bond acceptors (Lipinski definition) is 2. The molecule has 1 aliphatic rings. The maximum Gasteiger partial charge on any atom is 0.310 e. The van der Waals surface area contributed by atoms with Crippen molar-refractivity contribution in [3.63, 3.8) is 0 Å². The molecule has 2 N–H and O–H groups in total. The third-order valence-electron chi connectivity index (χ3n) is 3.42. The summed E-state index contributed by atoms with van der Waals surface area (Å²) in [6, 6.07) is 1.92. The van der Waals surface area contributed by atoms with E-state index in [1.54, 1.807) is 6.92 Å². The summed E-state index contributed by atoms with van der Waals surface area (Å²) in [7, 11) is 0. The Kier molecular flexibility index (Phi) is 3.43. The second-order valence-electron chi connectivity index (χ2n) is 4.53. The number of carboxylic acid groups (broad SMARTS) is 1. The van der Waals surface area contributed by atoms with E-state index in [-0.39, 0.29) is 5.75 Å². The van der Waals surface area contributed by atoms with Crippen LogP contribution < -0.4 is 0 Å². The largest absolute Gasteiger partial charge is 0.506 e. The molecule has 0 spiro atoms. The second kappa shape index (κ2) is 4.69. The predicted octanol–water partition coefficient (Wildman–Crippen LogP) is 3.22. The first-order valence-electron chi connectivity index (χ1n) is 5.78. The van der Waals surface area contributed by atoms with Crippen LogP contribution in [-0.4, -0.2) is 16.2 Å². The van der Waals surface area contributed by atoms with Crippen LogP contribution in [0.2, 0.25) is 0 Å². The minimum absolute atomic E-state index is 0.0838. The van der Waals surface area contributed by atoms with E-state index in [0.29, 0.717) is 10.0 Å². The van der Waals surface area contributed by atoms with E-state index in [4.69, 9.17) is 5.11 Å². The van der Waals surface area contributed by atoms with Crippen molar-refractivity contribution in [2.75, 3.05) is 0 Å². The van der Waals surface area contributed by atoms with Crippen LogP contribution in [0.4, 0.5) is 0 Å². The molecule has 0 saturated heterocycles. The number of aryl methyl sites for hydroxylation is 1. The average Bonchev–Trinajstić information content (AvgIpc) is 2.30. The minimum atomic E-state index is -0.897. The maximum absolute atomic E-state index is 11.1. The third kappa shape index (κ3) is 2.18. The highest BCUT2D eigenvalue weighted by molar-refractivity contribution is 9.10. The van der Waals surface area contributed by atoms with Gasteiger partial charge >= 0.3 is 5.97 Å². The summed E-state index contributed by atoms with van der Waals surface area (Å²) in [5.74, 6) is -1.48. The Morgan fingerprint density at radius 1 is 1.41 bits per heavy atom. The summed E-state index contributed by atoms with van der Waals surface area (Å²) in [5.41, 5.74) is 2.79. The first kappa shape index (κ1) is 12.4. The van der Waals surface area contributed by atoms with Crippen LogP contribution in [0.25, 0.3) is 0 Å². The Morgan fingerprint density at radius 3 is 2.71 bits per heavy atom. The van der Waals surface area contributed by atoms with Crippen molar-refractivity contribution in [2.45, 2.75) is 38.5 Å². The molecule has 1 aliphatic carbocycles. The molecule has 0 radical (unpaired) electrons. The number of carboxylic acids is 1. The summed E-state index contributed by atoms with van der Waals surface area (Å²) in [6.45, 7) is 1.62. The lowest BCUT2D eigenvalue weighted by atomic mass is 9.83. The van der Waals surface area contributed by atoms with Crippen molar-refractivity contribution in [1.82, 2.24) is 0 Å². The van der Waals surface area contributed by atoms with Crippen LogP contribution in [0.3, 0.4) is 0 Å². The molecule has 4 heteroatoms. The summed E-state index contributed by atoms with van der Waals surface area (Å²) >= 11 is 3.30. The van der Waals surface area contributed by atoms with Gasteiger partial charge in [-0.25, -0.2) is 0 Å². The number of aliphatic carboxylic acids is 1. The molecule has 1 aromatic carbocycles. The Bertz CT molecular complexity index is 468. The summed E-state index contributed by atoms with van der Waals surface area (Å²) in [5, 5.41) is 19.2. The quantitative estimate of drug-likeness (QED) is 0.881. The van der Waals surface area contributed by atoms with Gasteiger partial charge < -0.3 is 10.2 Å². The fraction of sp³-hybridized carbons (Fsp3) is 0.462. The average molecular weight is 299 g/mol. The van der Waals surface area contributed by atoms with Crippen molar-refractivity contribution in [1.29, 1.82) is 0 Å². The first-order valence-corrected chi connectivity index (χ1v) is 6.57. The number of hydrogen-bond donors (Lipinski definition) is 2. The highest BCUT2D eigenvalue weighted by atomic mass is 79.9. The van der Waals surface area contributed by atoms with Gasteiger partial charge in [0, 0.05) is 5.56 Å². The molecule has 1 aromatic rings. The van der Waals surface area contributed by atoms with Gasteiger partial charge in [-0.05, 0) is 65.7 Å². The fourth-order valence-corrected chi connectivity index (χ4v) is 2.97. The molecule has 0 heterocycles. The van der Waals surface area contributed by atoms with Crippen LogP contribution >= 0.6 is 15.9 Å². The van der Waals surface area contributed by atoms with E-state index >= 15 is 0 Å². The Balaban J connectivity index is 2.62. The number of benzene rings is 1. The second-order valence-corrected chi connectivity index (χ2v) is 5.38. The van der Waals surface area contributed by atoms with Gasteiger partial charge in [0.25, 0.3) is 0 Å². The van der Waals surface area contributed by atoms with E-state index in [9.17, 15) is 9.90 Å². The summed E-state index contributed by atoms with van der Waals surface area (Å²) in [4.78, 5) is 11.1. The van der Waals surface area contributed by atoms with E-state index < -0.39 is 11.9 Å². The lowest BCUT2D eigenvalue weighted by Crippen LogP contribution is -2.14. The molecule has 1 atom stereocenters. The molecular formula is C13H15BrO3. The van der Waals surface area contributed by atoms with E-state index in [1.165, 1.54) is 5.56 Å². The molecule has 0 fully saturated rings. The molecular weight excluding hydrogens is 284 g/mol. The van der Waals surface area contributed by atoms with Gasteiger partial charge in [0.15, 0.2) is 0 Å². The van der Waals surface area contributed by atoms with Crippen molar-refractivity contribution < 1.29 is 15.0 Å². The van der Waals surface area contributed by atoms with Gasteiger partial charge in [-0.1, -0.05) is 0 Å². The molecule has 0 aliphatic heterocycles. The molecule has 92 valence electrons. The highest BCUT2D eigenvalue weighted by Gasteiger charge is 2.26. The van der Waals surface area contributed by atoms with Crippen LogP contribution in [-0.2, 0) is 17.6 Å². The highest BCUT2D eigenvalue weighted by Crippen LogP contribution is 2.40. The Morgan fingerprint density at radius 2 is 2.06 bits per heavy atom. The van der Waals surface area contributed by atoms with Crippen LogP contribution in [0, 0.1) is 0 Å². The number of rotatable bonds is 2. The summed E-state index contributed by atoms with van der Waals surface area (Å²) in [6.07, 6.45) is 4.02. The Labute approximate surface area is 109 Å². The van der Waals surface area contributed by atoms with Crippen molar-refractivity contribution in [3.8, 4) is 5.75 Å². The monoisotopic (exact) mass is 298 g/mol. The van der Waals surface area contributed by atoms with Crippen molar-refractivity contribution in [2.24, 2.45) is 0 Å². The third-order valence-corrected chi connectivity index (χ3v) is 4.03. The fourth-order valence-electron chi connectivity index (χ4n) is 2.48. The molecule has 1 unspecified atom stereocenters. The van der Waals surface area contributed by atoms with E-state index in [0.717, 1.165) is 31.2 Å². The van der Waals surface area contributed by atoms with Gasteiger partial charge in [0.2, 0.25) is 0 Å². The zero-order chi connectivity index (χ0) is 12.6. The number of halogens is 1. The lowest BCUT2D eigenvalue weighted by Gasteiger charge is -2.23. The van der Waals surface area contributed by atoms with E-state index in [2.05, 4.69) is 15.9 Å². The number of aromatic hydroxyl groups is 1. The zero-order valence-electron chi connectivity index (χ0n) is 9.66. The topological polar surface area (TPSA) is 57.5 Å². The van der Waals surface area contributed by atoms with Crippen LogP contribution in [0.15, 0.2) is 10.5 Å². The van der Waals surface area contributed by atoms with Gasteiger partial charge in [-0.2, -0.15) is 0 Å². The molecule has 0 bridgehead atoms. The number of carbonyl (C=O) groups is 1. The van der Waals surface area contributed by atoms with Crippen molar-refractivity contribution >= 4 is 21.9 Å². The van der Waals surface area contributed by atoms with Crippen molar-refractivity contribution in [3.05, 3.63) is 27.2 Å². The SMILES string of the molecule is CC(C(=O)O)c1c(O)c(Br)cc2c1CCCC2. The van der Waals surface area contributed by atoms with Gasteiger partial charge in [-0.15, -0.1) is 0 Å².